The molecule has 0 aliphatic rings. The summed E-state index contributed by atoms with van der Waals surface area (Å²) in [6.45, 7) is 0. The number of hydrogen-bond donors (Lipinski definition) is 0. The van der Waals surface area contributed by atoms with Gasteiger partial charge in [-0.3, -0.25) is 0 Å². The summed E-state index contributed by atoms with van der Waals surface area (Å²) < 4.78 is 18.8. The van der Waals surface area contributed by atoms with E-state index in [0.717, 1.165) is 11.0 Å². The Morgan fingerprint density at radius 3 is 1.60 bits per heavy atom. The second-order valence-corrected chi connectivity index (χ2v) is 5.41. The highest BCUT2D eigenvalue weighted by atomic mass is 33.0. The predicted octanol–water partition coefficient (Wildman–Crippen LogP) is 1.06. The second kappa shape index (κ2) is 4.81. The maximum Gasteiger partial charge on any atom is 0.122 e. The van der Waals surface area contributed by atoms with Gasteiger partial charge in [0.2, 0.25) is 0 Å². The summed E-state index contributed by atoms with van der Waals surface area (Å²) >= 11 is 1.02. The van der Waals surface area contributed by atoms with Crippen LogP contribution in [0.1, 0.15) is 0 Å². The Hall–Kier alpha value is 0.810. The van der Waals surface area contributed by atoms with Gasteiger partial charge in [-0.15, -0.1) is 0 Å². The van der Waals surface area contributed by atoms with Gasteiger partial charge in [0.05, 0.1) is 0 Å². The van der Waals surface area contributed by atoms with Gasteiger partial charge in [0.1, 0.15) is 15.3 Å². The molecule has 2 unspecified atom stereocenters. The third-order valence-corrected chi connectivity index (χ3v) is 3.00. The first-order chi connectivity index (χ1) is 2.41. The molecule has 2 nitrogen and oxygen atoms in total. The van der Waals surface area contributed by atoms with Crippen LogP contribution in [0.2, 0.25) is 0 Å². The molecule has 0 spiro atoms. The van der Waals surface area contributed by atoms with Gasteiger partial charge in [-0.25, -0.2) is 0 Å². The van der Waals surface area contributed by atoms with Crippen molar-refractivity contribution in [3.63, 3.8) is 0 Å². The maximum atomic E-state index is 9.40. The average molecular weight is 130 g/mol. The van der Waals surface area contributed by atoms with Crippen molar-refractivity contribution in [2.45, 2.75) is 0 Å². The molecule has 0 heterocycles. The predicted molar refractivity (Wildman–Crippen MR) is 28.4 cm³/mol. The normalized spacial score (nSPS) is 12.8. The zero-order chi connectivity index (χ0) is 4.12. The minimum absolute atomic E-state index is 0.823. The Morgan fingerprint density at radius 1 is 1.20 bits per heavy atom. The van der Waals surface area contributed by atoms with Crippen LogP contribution in [-0.4, -0.2) is 0 Å². The summed E-state index contributed by atoms with van der Waals surface area (Å²) in [7, 11) is -1.65. The highest BCUT2D eigenvalue weighted by molar-refractivity contribution is 8.73. The Balaban J connectivity index is 2.65. The first-order valence-corrected chi connectivity index (χ1v) is 5.66. The van der Waals surface area contributed by atoms with Crippen molar-refractivity contribution in [2.75, 3.05) is 0 Å². The van der Waals surface area contributed by atoms with E-state index in [1.165, 1.54) is 0 Å². The van der Waals surface area contributed by atoms with Crippen LogP contribution in [0.3, 0.4) is 0 Å². The maximum absolute atomic E-state index is 9.40. The first-order valence-electron chi connectivity index (χ1n) is 0.943. The van der Waals surface area contributed by atoms with E-state index in [1.807, 2.05) is 0 Å². The quantitative estimate of drug-likeness (QED) is 0.524. The van der Waals surface area contributed by atoms with Crippen molar-refractivity contribution < 1.29 is 9.13 Å². The van der Waals surface area contributed by atoms with Gasteiger partial charge in [0.15, 0.2) is 0 Å². The smallest absolute Gasteiger partial charge is 0.122 e. The number of hydrogen-bond acceptors (Lipinski definition) is 3. The molecule has 0 amide bonds. The zero-order valence-corrected chi connectivity index (χ0v) is 5.51. The molecule has 32 valence electrons. The lowest BCUT2D eigenvalue weighted by Gasteiger charge is -1.58. The molecule has 0 aromatic heterocycles. The lowest BCUT2D eigenvalue weighted by molar-refractivity contribution is 0.604. The Morgan fingerprint density at radius 2 is 1.60 bits per heavy atom. The van der Waals surface area contributed by atoms with Crippen LogP contribution in [0, 0.1) is 0 Å². The summed E-state index contributed by atoms with van der Waals surface area (Å²) in [5, 5.41) is 0. The van der Waals surface area contributed by atoms with Crippen molar-refractivity contribution in [3.05, 3.63) is 0 Å². The average Bonchev–Trinajstić information content (AvgIpc) is 1.41. The fraction of sp³-hybridized carbons (Fsp3) is 0. The van der Waals surface area contributed by atoms with Gasteiger partial charge >= 0.3 is 0 Å². The van der Waals surface area contributed by atoms with Crippen molar-refractivity contribution in [2.24, 2.45) is 0 Å². The highest BCUT2D eigenvalue weighted by Gasteiger charge is 1.60. The number of rotatable bonds is 2. The second-order valence-electron chi connectivity index (χ2n) is 0.329. The molecule has 0 rings (SSSR count). The monoisotopic (exact) mass is 130 g/mol. The van der Waals surface area contributed by atoms with E-state index >= 15 is 0 Å². The molecule has 0 radical (unpaired) electrons. The summed E-state index contributed by atoms with van der Waals surface area (Å²) in [4.78, 5) is 0. The molecule has 0 saturated heterocycles. The summed E-state index contributed by atoms with van der Waals surface area (Å²) in [6.07, 6.45) is 0. The van der Waals surface area contributed by atoms with Crippen LogP contribution < -0.4 is 0 Å². The largest absolute Gasteiger partial charge is 0.318 e. The van der Waals surface area contributed by atoms with E-state index in [2.05, 4.69) is 0 Å². The van der Waals surface area contributed by atoms with Crippen LogP contribution in [0.5, 0.6) is 0 Å². The van der Waals surface area contributed by atoms with Crippen LogP contribution in [0.4, 0.5) is 0 Å². The Labute approximate surface area is 36.2 Å². The molecule has 0 aromatic carbocycles. The van der Waals surface area contributed by atoms with E-state index < -0.39 is 15.3 Å². The molecule has 0 N–H and O–H groups in total. The Kier molecular flexibility index (Phi) is 5.59. The lowest BCUT2D eigenvalue weighted by Crippen LogP contribution is -0.966. The molecule has 0 aromatic rings. The molecule has 5 heteroatoms. The van der Waals surface area contributed by atoms with Gasteiger partial charge in [0, 0.05) is 0 Å². The third kappa shape index (κ3) is 4.81. The molecule has 2 atom stereocenters. The van der Waals surface area contributed by atoms with E-state index in [4.69, 9.17) is 0 Å². The van der Waals surface area contributed by atoms with E-state index in [-0.39, 0.29) is 0 Å². The summed E-state index contributed by atoms with van der Waals surface area (Å²) in [6, 6.07) is 0. The highest BCUT2D eigenvalue weighted by Crippen LogP contribution is 2.29. The SMILES string of the molecule is O=[PH2]S[PH2]=O. The van der Waals surface area contributed by atoms with Gasteiger partial charge in [0.25, 0.3) is 0 Å². The zero-order valence-electron chi connectivity index (χ0n) is 2.38. The molecular weight excluding hydrogens is 126 g/mol. The van der Waals surface area contributed by atoms with Crippen molar-refractivity contribution in [1.82, 2.24) is 0 Å². The van der Waals surface area contributed by atoms with Crippen LogP contribution >= 0.6 is 26.3 Å². The van der Waals surface area contributed by atoms with E-state index in [1.54, 1.807) is 0 Å². The molecular formula is H4O2P2S. The fourth-order valence-corrected chi connectivity index (χ4v) is 0.612. The van der Waals surface area contributed by atoms with Crippen molar-refractivity contribution in [1.29, 1.82) is 0 Å². The fourth-order valence-electron chi connectivity index (χ4n) is 0.0227. The molecule has 5 heavy (non-hydrogen) atoms. The first kappa shape index (κ1) is 5.81. The minimum Gasteiger partial charge on any atom is -0.318 e. The minimum atomic E-state index is -0.823. The van der Waals surface area contributed by atoms with Gasteiger partial charge in [-0.05, 0) is 11.0 Å². The Bertz CT molecular complexity index is 36.9. The van der Waals surface area contributed by atoms with Crippen molar-refractivity contribution in [3.8, 4) is 0 Å². The van der Waals surface area contributed by atoms with E-state index in [9.17, 15) is 9.13 Å². The van der Waals surface area contributed by atoms with Crippen LogP contribution in [0.15, 0.2) is 0 Å². The van der Waals surface area contributed by atoms with Crippen LogP contribution in [-0.2, 0) is 9.13 Å². The van der Waals surface area contributed by atoms with Crippen molar-refractivity contribution >= 4 is 26.3 Å². The third-order valence-electron chi connectivity index (χ3n) is 0.111. The topological polar surface area (TPSA) is 34.1 Å². The standard InChI is InChI=1S/H4O2P2S/c1-3-5-4-2/h3-4H2. The van der Waals surface area contributed by atoms with Crippen LogP contribution in [0.25, 0.3) is 0 Å². The lowest BCUT2D eigenvalue weighted by atomic mass is 16.0. The van der Waals surface area contributed by atoms with E-state index in [0.29, 0.717) is 0 Å². The van der Waals surface area contributed by atoms with Gasteiger partial charge < -0.3 is 9.13 Å². The molecule has 0 saturated carbocycles. The summed E-state index contributed by atoms with van der Waals surface area (Å²) in [5.41, 5.74) is 0. The molecule has 0 aliphatic carbocycles. The van der Waals surface area contributed by atoms with Gasteiger partial charge in [-0.1, -0.05) is 0 Å². The summed E-state index contributed by atoms with van der Waals surface area (Å²) in [5.74, 6) is 0. The van der Waals surface area contributed by atoms with Gasteiger partial charge in [-0.2, -0.15) is 0 Å². The molecule has 0 bridgehead atoms. The molecule has 0 aliphatic heterocycles. The molecule has 0 fully saturated rings.